The molecule has 0 saturated carbocycles. The Morgan fingerprint density at radius 3 is 2.69 bits per heavy atom. The van der Waals surface area contributed by atoms with E-state index in [4.69, 9.17) is 0 Å². The molecule has 0 bridgehead atoms. The lowest BCUT2D eigenvalue weighted by atomic mass is 10.0. The van der Waals surface area contributed by atoms with Gasteiger partial charge in [-0.3, -0.25) is 9.89 Å². The monoisotopic (exact) mass is 341 g/mol. The number of amides is 1. The van der Waals surface area contributed by atoms with Crippen molar-refractivity contribution < 1.29 is 4.79 Å². The standard InChI is InChI=1S/C22H19N3O/c1-2-15-7-5-10-17(13-15)23-22(26)21-14-20(24-25-21)19-12-6-9-16-8-3-4-11-18(16)19/h3-14H,2H2,1H3,(H,23,26)(H,24,25). The second kappa shape index (κ2) is 6.84. The predicted molar refractivity (Wildman–Crippen MR) is 105 cm³/mol. The molecule has 0 fully saturated rings. The number of nitrogens with one attached hydrogen (secondary N) is 2. The summed E-state index contributed by atoms with van der Waals surface area (Å²) in [5.74, 6) is -0.197. The van der Waals surface area contributed by atoms with Gasteiger partial charge in [-0.2, -0.15) is 5.10 Å². The zero-order valence-corrected chi connectivity index (χ0v) is 14.5. The van der Waals surface area contributed by atoms with E-state index in [1.54, 1.807) is 6.07 Å². The first-order chi connectivity index (χ1) is 12.7. The number of nitrogens with zero attached hydrogens (tertiary/aromatic N) is 1. The predicted octanol–water partition coefficient (Wildman–Crippen LogP) is 5.04. The summed E-state index contributed by atoms with van der Waals surface area (Å²) in [6.07, 6.45) is 0.930. The van der Waals surface area contributed by atoms with Gasteiger partial charge in [0.15, 0.2) is 0 Å². The highest BCUT2D eigenvalue weighted by atomic mass is 16.1. The summed E-state index contributed by atoms with van der Waals surface area (Å²) in [6, 6.07) is 23.9. The highest BCUT2D eigenvalue weighted by Gasteiger charge is 2.13. The van der Waals surface area contributed by atoms with Gasteiger partial charge in [0.05, 0.1) is 5.69 Å². The van der Waals surface area contributed by atoms with E-state index < -0.39 is 0 Å². The van der Waals surface area contributed by atoms with Crippen molar-refractivity contribution in [3.8, 4) is 11.3 Å². The van der Waals surface area contributed by atoms with Crippen LogP contribution in [-0.4, -0.2) is 16.1 Å². The average Bonchev–Trinajstić information content (AvgIpc) is 3.18. The largest absolute Gasteiger partial charge is 0.321 e. The first-order valence-corrected chi connectivity index (χ1v) is 8.68. The van der Waals surface area contributed by atoms with Crippen LogP contribution in [0.15, 0.2) is 72.8 Å². The van der Waals surface area contributed by atoms with Gasteiger partial charge in [0.1, 0.15) is 5.69 Å². The molecule has 4 nitrogen and oxygen atoms in total. The number of aromatic nitrogens is 2. The van der Waals surface area contributed by atoms with Crippen LogP contribution in [0.1, 0.15) is 23.0 Å². The third-order valence-electron chi connectivity index (χ3n) is 4.48. The van der Waals surface area contributed by atoms with E-state index in [-0.39, 0.29) is 5.91 Å². The molecule has 1 amide bonds. The Labute approximate surface area is 151 Å². The Morgan fingerprint density at radius 2 is 1.81 bits per heavy atom. The summed E-state index contributed by atoms with van der Waals surface area (Å²) in [5, 5.41) is 12.4. The minimum Gasteiger partial charge on any atom is -0.321 e. The molecular weight excluding hydrogens is 322 g/mol. The zero-order chi connectivity index (χ0) is 17.9. The number of aryl methyl sites for hydroxylation is 1. The van der Waals surface area contributed by atoms with Gasteiger partial charge in [-0.05, 0) is 41.0 Å². The molecule has 0 saturated heterocycles. The number of fused-ring (bicyclic) bond motifs is 1. The molecule has 0 unspecified atom stereocenters. The lowest BCUT2D eigenvalue weighted by Crippen LogP contribution is -2.12. The van der Waals surface area contributed by atoms with Crippen molar-refractivity contribution in [2.45, 2.75) is 13.3 Å². The minimum atomic E-state index is -0.197. The molecule has 26 heavy (non-hydrogen) atoms. The van der Waals surface area contributed by atoms with Gasteiger partial charge in [-0.15, -0.1) is 0 Å². The molecule has 0 aliphatic heterocycles. The summed E-state index contributed by atoms with van der Waals surface area (Å²) >= 11 is 0. The van der Waals surface area contributed by atoms with E-state index in [0.717, 1.165) is 34.1 Å². The molecule has 4 heteroatoms. The van der Waals surface area contributed by atoms with Gasteiger partial charge in [0.2, 0.25) is 0 Å². The summed E-state index contributed by atoms with van der Waals surface area (Å²) in [7, 11) is 0. The molecule has 2 N–H and O–H groups in total. The zero-order valence-electron chi connectivity index (χ0n) is 14.5. The van der Waals surface area contributed by atoms with Crippen LogP contribution >= 0.6 is 0 Å². The molecule has 0 aliphatic rings. The van der Waals surface area contributed by atoms with Crippen LogP contribution in [0.25, 0.3) is 22.0 Å². The molecule has 0 spiro atoms. The first kappa shape index (κ1) is 16.1. The molecule has 1 heterocycles. The van der Waals surface area contributed by atoms with Crippen molar-refractivity contribution >= 4 is 22.4 Å². The van der Waals surface area contributed by atoms with Crippen LogP contribution in [0.2, 0.25) is 0 Å². The van der Waals surface area contributed by atoms with Gasteiger partial charge in [-0.1, -0.05) is 61.5 Å². The molecule has 4 rings (SSSR count). The topological polar surface area (TPSA) is 57.8 Å². The number of carbonyl (C=O) groups is 1. The molecule has 3 aromatic carbocycles. The molecule has 0 aliphatic carbocycles. The normalized spacial score (nSPS) is 10.8. The second-order valence-corrected chi connectivity index (χ2v) is 6.20. The number of hydrogen-bond acceptors (Lipinski definition) is 2. The Balaban J connectivity index is 1.62. The van der Waals surface area contributed by atoms with Crippen LogP contribution in [0, 0.1) is 0 Å². The van der Waals surface area contributed by atoms with E-state index in [9.17, 15) is 4.79 Å². The van der Waals surface area contributed by atoms with Crippen LogP contribution < -0.4 is 5.32 Å². The van der Waals surface area contributed by atoms with E-state index in [1.807, 2.05) is 48.5 Å². The van der Waals surface area contributed by atoms with Crippen LogP contribution in [-0.2, 0) is 6.42 Å². The number of anilines is 1. The highest BCUT2D eigenvalue weighted by molar-refractivity contribution is 6.04. The maximum atomic E-state index is 12.5. The highest BCUT2D eigenvalue weighted by Crippen LogP contribution is 2.27. The maximum Gasteiger partial charge on any atom is 0.273 e. The fourth-order valence-electron chi connectivity index (χ4n) is 3.09. The average molecular weight is 341 g/mol. The quantitative estimate of drug-likeness (QED) is 0.546. The first-order valence-electron chi connectivity index (χ1n) is 8.68. The molecular formula is C22H19N3O. The molecule has 0 atom stereocenters. The minimum absolute atomic E-state index is 0.197. The summed E-state index contributed by atoms with van der Waals surface area (Å²) in [4.78, 5) is 12.5. The number of H-pyrrole nitrogens is 1. The van der Waals surface area contributed by atoms with Crippen molar-refractivity contribution in [1.82, 2.24) is 10.2 Å². The Bertz CT molecular complexity index is 1080. The number of carbonyl (C=O) groups excluding carboxylic acids is 1. The Morgan fingerprint density at radius 1 is 1.00 bits per heavy atom. The Hall–Kier alpha value is -3.40. The molecule has 1 aromatic heterocycles. The van der Waals surface area contributed by atoms with Crippen LogP contribution in [0.4, 0.5) is 5.69 Å². The van der Waals surface area contributed by atoms with Crippen molar-refractivity contribution in [3.05, 3.63) is 84.1 Å². The number of hydrogen-bond donors (Lipinski definition) is 2. The lowest BCUT2D eigenvalue weighted by molar-refractivity contribution is 0.102. The SMILES string of the molecule is CCc1cccc(NC(=O)c2cc(-c3cccc4ccccc34)n[nH]2)c1. The van der Waals surface area contributed by atoms with Gasteiger partial charge >= 0.3 is 0 Å². The van der Waals surface area contributed by atoms with E-state index in [2.05, 4.69) is 40.6 Å². The summed E-state index contributed by atoms with van der Waals surface area (Å²) < 4.78 is 0. The van der Waals surface area contributed by atoms with E-state index >= 15 is 0 Å². The molecule has 4 aromatic rings. The van der Waals surface area contributed by atoms with Gasteiger partial charge in [-0.25, -0.2) is 0 Å². The fraction of sp³-hybridized carbons (Fsp3) is 0.0909. The van der Waals surface area contributed by atoms with Gasteiger partial charge in [0, 0.05) is 11.3 Å². The van der Waals surface area contributed by atoms with E-state index in [1.165, 1.54) is 5.56 Å². The smallest absolute Gasteiger partial charge is 0.273 e. The lowest BCUT2D eigenvalue weighted by Gasteiger charge is -2.05. The van der Waals surface area contributed by atoms with Crippen molar-refractivity contribution in [1.29, 1.82) is 0 Å². The second-order valence-electron chi connectivity index (χ2n) is 6.20. The Kier molecular flexibility index (Phi) is 4.23. The van der Waals surface area contributed by atoms with Crippen molar-refractivity contribution in [2.75, 3.05) is 5.32 Å². The maximum absolute atomic E-state index is 12.5. The number of aromatic amines is 1. The third-order valence-corrected chi connectivity index (χ3v) is 4.48. The van der Waals surface area contributed by atoms with Crippen LogP contribution in [0.5, 0.6) is 0 Å². The van der Waals surface area contributed by atoms with Gasteiger partial charge < -0.3 is 5.32 Å². The van der Waals surface area contributed by atoms with Gasteiger partial charge in [0.25, 0.3) is 5.91 Å². The molecule has 0 radical (unpaired) electrons. The van der Waals surface area contributed by atoms with Crippen molar-refractivity contribution in [3.63, 3.8) is 0 Å². The summed E-state index contributed by atoms with van der Waals surface area (Å²) in [5.41, 5.74) is 4.18. The van der Waals surface area contributed by atoms with Crippen LogP contribution in [0.3, 0.4) is 0 Å². The van der Waals surface area contributed by atoms with Crippen molar-refractivity contribution in [2.24, 2.45) is 0 Å². The number of benzene rings is 3. The number of rotatable bonds is 4. The third kappa shape index (κ3) is 3.09. The summed E-state index contributed by atoms with van der Waals surface area (Å²) in [6.45, 7) is 2.09. The van der Waals surface area contributed by atoms with E-state index in [0.29, 0.717) is 5.69 Å². The fourth-order valence-corrected chi connectivity index (χ4v) is 3.09. The molecule has 128 valence electrons.